The van der Waals surface area contributed by atoms with Crippen molar-refractivity contribution in [3.8, 4) is 0 Å². The third-order valence-electron chi connectivity index (χ3n) is 2.18. The van der Waals surface area contributed by atoms with Crippen molar-refractivity contribution in [1.29, 1.82) is 0 Å². The van der Waals surface area contributed by atoms with E-state index >= 15 is 0 Å². The van der Waals surface area contributed by atoms with Crippen LogP contribution in [-0.4, -0.2) is 36.6 Å². The minimum absolute atomic E-state index is 0. The van der Waals surface area contributed by atoms with Gasteiger partial charge in [-0.15, -0.1) is 10.1 Å². The summed E-state index contributed by atoms with van der Waals surface area (Å²) in [6.45, 7) is 0. The topological polar surface area (TPSA) is 86.5 Å². The second-order valence-electron chi connectivity index (χ2n) is 3.23. The fraction of sp³-hybridized carbons (Fsp3) is 0. The standard InChI is InChI=1S/C10H7NO5S.Mg.2H/c12-11(13)16-17(14,15)10-7-3-5-8-4-1-2-6-9(8)10;;;/h1-7H;;;/q;+2;2*-1. The molecular weight excluding hydrogens is 270 g/mol. The van der Waals surface area contributed by atoms with Gasteiger partial charge in [-0.1, -0.05) is 36.4 Å². The molecule has 0 bridgehead atoms. The van der Waals surface area contributed by atoms with E-state index in [-0.39, 0.29) is 30.8 Å². The van der Waals surface area contributed by atoms with Crippen LogP contribution in [0, 0.1) is 10.1 Å². The van der Waals surface area contributed by atoms with Crippen LogP contribution < -0.4 is 0 Å². The van der Waals surface area contributed by atoms with Crippen molar-refractivity contribution in [1.82, 2.24) is 0 Å². The van der Waals surface area contributed by atoms with Crippen LogP contribution in [-0.2, 0) is 14.4 Å². The SMILES string of the molecule is O=[N+]([O-])OS(=O)(=O)c1cccc2ccccc12.[H-].[H-].[Mg+2]. The van der Waals surface area contributed by atoms with Gasteiger partial charge in [0, 0.05) is 5.39 Å². The van der Waals surface area contributed by atoms with E-state index in [4.69, 9.17) is 0 Å². The van der Waals surface area contributed by atoms with E-state index < -0.39 is 15.2 Å². The van der Waals surface area contributed by atoms with E-state index in [2.05, 4.69) is 4.28 Å². The molecule has 2 aromatic carbocycles. The minimum Gasteiger partial charge on any atom is -1.00 e. The fourth-order valence-electron chi connectivity index (χ4n) is 1.53. The third-order valence-corrected chi connectivity index (χ3v) is 3.39. The van der Waals surface area contributed by atoms with Crippen molar-refractivity contribution < 1.29 is 20.6 Å². The number of hydrogen-bond donors (Lipinski definition) is 0. The summed E-state index contributed by atoms with van der Waals surface area (Å²) in [7, 11) is -4.39. The van der Waals surface area contributed by atoms with E-state index in [0.29, 0.717) is 10.8 Å². The van der Waals surface area contributed by atoms with Gasteiger partial charge in [-0.25, -0.2) is 0 Å². The van der Waals surface area contributed by atoms with Crippen molar-refractivity contribution in [2.24, 2.45) is 0 Å². The third kappa shape index (κ3) is 2.89. The van der Waals surface area contributed by atoms with Crippen molar-refractivity contribution in [3.05, 3.63) is 52.6 Å². The maximum Gasteiger partial charge on any atom is 2.00 e. The van der Waals surface area contributed by atoms with E-state index in [1.807, 2.05) is 0 Å². The van der Waals surface area contributed by atoms with E-state index in [1.165, 1.54) is 12.1 Å². The number of benzene rings is 2. The zero-order valence-electron chi connectivity index (χ0n) is 11.1. The number of fused-ring (bicyclic) bond motifs is 1. The molecule has 0 saturated heterocycles. The van der Waals surface area contributed by atoms with Crippen molar-refractivity contribution in [2.75, 3.05) is 0 Å². The molecule has 2 aromatic rings. The molecule has 0 spiro atoms. The van der Waals surface area contributed by atoms with Gasteiger partial charge in [0.05, 0.1) is 0 Å². The normalized spacial score (nSPS) is 10.7. The molecule has 0 fully saturated rings. The minimum atomic E-state index is -4.39. The average molecular weight is 280 g/mol. The zero-order chi connectivity index (χ0) is 12.5. The Hall–Kier alpha value is -1.38. The summed E-state index contributed by atoms with van der Waals surface area (Å²) in [5.74, 6) is 0. The van der Waals surface area contributed by atoms with Crippen molar-refractivity contribution in [2.45, 2.75) is 4.90 Å². The number of nitrogens with zero attached hydrogens (tertiary/aromatic N) is 1. The Bertz CT molecular complexity index is 690. The Kier molecular flexibility index (Phi) is 4.49. The monoisotopic (exact) mass is 279 g/mol. The largest absolute Gasteiger partial charge is 2.00 e. The second kappa shape index (κ2) is 5.51. The van der Waals surface area contributed by atoms with Crippen LogP contribution in [0.5, 0.6) is 0 Å². The van der Waals surface area contributed by atoms with Crippen LogP contribution >= 0.6 is 0 Å². The van der Waals surface area contributed by atoms with Gasteiger partial charge in [0.15, 0.2) is 0 Å². The number of rotatable bonds is 3. The smallest absolute Gasteiger partial charge is 1.00 e. The van der Waals surface area contributed by atoms with Crippen LogP contribution in [0.3, 0.4) is 0 Å². The first-order valence-electron chi connectivity index (χ1n) is 4.57. The average Bonchev–Trinajstić information content (AvgIpc) is 2.26. The summed E-state index contributed by atoms with van der Waals surface area (Å²) >= 11 is 0. The van der Waals surface area contributed by atoms with Crippen LogP contribution in [0.25, 0.3) is 10.8 Å². The summed E-state index contributed by atoms with van der Waals surface area (Å²) < 4.78 is 26.9. The molecule has 0 heterocycles. The van der Waals surface area contributed by atoms with Crippen LogP contribution in [0.1, 0.15) is 2.85 Å². The first kappa shape index (κ1) is 14.7. The molecule has 0 aliphatic rings. The Balaban J connectivity index is 0. The predicted octanol–water partition coefficient (Wildman–Crippen LogP) is 1.58. The molecule has 6 nitrogen and oxygen atoms in total. The second-order valence-corrected chi connectivity index (χ2v) is 4.73. The first-order chi connectivity index (χ1) is 8.00. The molecule has 0 unspecified atom stereocenters. The van der Waals surface area contributed by atoms with E-state index in [9.17, 15) is 18.5 Å². The molecule has 0 aliphatic heterocycles. The molecule has 0 saturated carbocycles. The Morgan fingerprint density at radius 3 is 2.39 bits per heavy atom. The molecule has 0 N–H and O–H groups in total. The summed E-state index contributed by atoms with van der Waals surface area (Å²) in [6, 6.07) is 11.1. The van der Waals surface area contributed by atoms with Gasteiger partial charge >= 0.3 is 38.3 Å². The molecule has 18 heavy (non-hydrogen) atoms. The van der Waals surface area contributed by atoms with Gasteiger partial charge in [-0.05, 0) is 11.5 Å². The predicted molar refractivity (Wildman–Crippen MR) is 67.2 cm³/mol. The summed E-state index contributed by atoms with van der Waals surface area (Å²) in [5, 5.41) is 9.85. The maximum atomic E-state index is 11.6. The van der Waals surface area contributed by atoms with Gasteiger partial charge in [-0.3, -0.25) is 0 Å². The molecule has 0 atom stereocenters. The van der Waals surface area contributed by atoms with Gasteiger partial charge < -0.3 is 2.85 Å². The summed E-state index contributed by atoms with van der Waals surface area (Å²) in [4.78, 5) is 9.91. The van der Waals surface area contributed by atoms with Crippen LogP contribution in [0.15, 0.2) is 47.4 Å². The molecule has 0 aliphatic carbocycles. The molecule has 0 aromatic heterocycles. The van der Waals surface area contributed by atoms with Gasteiger partial charge in [-0.2, -0.15) is 12.7 Å². The fourth-order valence-corrected chi connectivity index (χ4v) is 2.47. The number of hydrogen-bond acceptors (Lipinski definition) is 5. The molecule has 0 amide bonds. The zero-order valence-corrected chi connectivity index (χ0v) is 11.4. The Labute approximate surface area is 122 Å². The summed E-state index contributed by atoms with van der Waals surface area (Å²) in [5.41, 5.74) is 0. The molecule has 0 radical (unpaired) electrons. The molecule has 92 valence electrons. The summed E-state index contributed by atoms with van der Waals surface area (Å²) in [6.07, 6.45) is 0. The van der Waals surface area contributed by atoms with Gasteiger partial charge in [0.1, 0.15) is 4.90 Å². The van der Waals surface area contributed by atoms with Crippen LogP contribution in [0.4, 0.5) is 0 Å². The van der Waals surface area contributed by atoms with Gasteiger partial charge in [0.2, 0.25) is 0 Å². The van der Waals surface area contributed by atoms with E-state index in [1.54, 1.807) is 30.3 Å². The van der Waals surface area contributed by atoms with Crippen molar-refractivity contribution >= 4 is 43.9 Å². The molecular formula is C10H9MgNO5S. The quantitative estimate of drug-likeness (QED) is 0.483. The maximum absolute atomic E-state index is 11.6. The van der Waals surface area contributed by atoms with Crippen LogP contribution in [0.2, 0.25) is 0 Å². The Morgan fingerprint density at radius 1 is 1.11 bits per heavy atom. The van der Waals surface area contributed by atoms with Gasteiger partial charge in [0.25, 0.3) is 0 Å². The molecule has 8 heteroatoms. The van der Waals surface area contributed by atoms with Crippen molar-refractivity contribution in [3.63, 3.8) is 0 Å². The Morgan fingerprint density at radius 2 is 1.72 bits per heavy atom. The first-order valence-corrected chi connectivity index (χ1v) is 5.98. The molecule has 2 rings (SSSR count). The van der Waals surface area contributed by atoms with E-state index in [0.717, 1.165) is 0 Å².